The molecule has 1 saturated heterocycles. The monoisotopic (exact) mass is 353 g/mol. The quantitative estimate of drug-likeness (QED) is 0.702. The Labute approximate surface area is 146 Å². The van der Waals surface area contributed by atoms with Gasteiger partial charge in [0.1, 0.15) is 16.9 Å². The van der Waals surface area contributed by atoms with Crippen molar-refractivity contribution in [1.82, 2.24) is 4.90 Å². The molecule has 2 rings (SSSR count). The van der Waals surface area contributed by atoms with E-state index in [-0.39, 0.29) is 30.1 Å². The van der Waals surface area contributed by atoms with Gasteiger partial charge in [0.25, 0.3) is 0 Å². The van der Waals surface area contributed by atoms with Gasteiger partial charge >= 0.3 is 5.97 Å². The minimum Gasteiger partial charge on any atom is -0.497 e. The molecule has 6 nitrogen and oxygen atoms in total. The van der Waals surface area contributed by atoms with E-state index in [0.717, 1.165) is 11.3 Å². The van der Waals surface area contributed by atoms with E-state index in [1.165, 1.54) is 0 Å². The number of hydrogen-bond donors (Lipinski definition) is 0. The first-order valence-corrected chi connectivity index (χ1v) is 8.93. The second-order valence-corrected chi connectivity index (χ2v) is 6.45. The van der Waals surface area contributed by atoms with Gasteiger partial charge in [-0.15, -0.1) is 11.8 Å². The van der Waals surface area contributed by atoms with Gasteiger partial charge in [0, 0.05) is 24.8 Å². The van der Waals surface area contributed by atoms with Crippen LogP contribution in [0.5, 0.6) is 11.5 Å². The average molecular weight is 353 g/mol. The summed E-state index contributed by atoms with van der Waals surface area (Å²) >= 11 is 1.69. The highest BCUT2D eigenvalue weighted by Gasteiger charge is 2.31. The van der Waals surface area contributed by atoms with Gasteiger partial charge in [-0.05, 0) is 24.6 Å². The number of ether oxygens (including phenoxy) is 3. The molecular weight excluding hydrogens is 330 g/mol. The fourth-order valence-electron chi connectivity index (χ4n) is 2.56. The Hall–Kier alpha value is -1.89. The van der Waals surface area contributed by atoms with Gasteiger partial charge in [0.05, 0.1) is 27.2 Å². The average Bonchev–Trinajstić information content (AvgIpc) is 3.09. The Bertz CT molecular complexity index is 570. The van der Waals surface area contributed by atoms with E-state index in [2.05, 4.69) is 0 Å². The number of methoxy groups -OCH3 is 2. The molecular formula is C17H23NO5S. The van der Waals surface area contributed by atoms with Gasteiger partial charge in [-0.25, -0.2) is 0 Å². The Morgan fingerprint density at radius 2 is 1.83 bits per heavy atom. The molecule has 1 aliphatic heterocycles. The molecule has 1 fully saturated rings. The molecule has 7 heteroatoms. The van der Waals surface area contributed by atoms with Crippen LogP contribution in [0.2, 0.25) is 0 Å². The van der Waals surface area contributed by atoms with Crippen LogP contribution in [0.15, 0.2) is 18.2 Å². The SMILES string of the molecule is CCOC(=O)CCC(=O)N1CCS[C@@H]1c1cc(OC)cc(OC)c1. The van der Waals surface area contributed by atoms with Crippen molar-refractivity contribution in [2.75, 3.05) is 33.1 Å². The highest BCUT2D eigenvalue weighted by molar-refractivity contribution is 7.99. The molecule has 0 saturated carbocycles. The van der Waals surface area contributed by atoms with Crippen LogP contribution in [0.4, 0.5) is 0 Å². The lowest BCUT2D eigenvalue weighted by molar-refractivity contribution is -0.145. The second kappa shape index (κ2) is 8.82. The summed E-state index contributed by atoms with van der Waals surface area (Å²) in [7, 11) is 3.20. The van der Waals surface area contributed by atoms with Crippen LogP contribution in [0.25, 0.3) is 0 Å². The second-order valence-electron chi connectivity index (χ2n) is 5.26. The van der Waals surface area contributed by atoms with Gasteiger partial charge in [-0.1, -0.05) is 0 Å². The molecule has 1 aliphatic rings. The molecule has 0 unspecified atom stereocenters. The summed E-state index contributed by atoms with van der Waals surface area (Å²) in [5, 5.41) is -0.0938. The largest absolute Gasteiger partial charge is 0.497 e. The van der Waals surface area contributed by atoms with Crippen molar-refractivity contribution in [2.45, 2.75) is 25.1 Å². The fraction of sp³-hybridized carbons (Fsp3) is 0.529. The van der Waals surface area contributed by atoms with E-state index < -0.39 is 0 Å². The number of esters is 1. The van der Waals surface area contributed by atoms with Crippen molar-refractivity contribution in [2.24, 2.45) is 0 Å². The van der Waals surface area contributed by atoms with Crippen LogP contribution in [-0.2, 0) is 14.3 Å². The number of benzene rings is 1. The lowest BCUT2D eigenvalue weighted by Crippen LogP contribution is -2.30. The molecule has 0 bridgehead atoms. The van der Waals surface area contributed by atoms with Gasteiger partial charge in [-0.2, -0.15) is 0 Å². The normalized spacial score (nSPS) is 16.8. The van der Waals surface area contributed by atoms with Crippen LogP contribution in [0.1, 0.15) is 30.7 Å². The molecule has 0 aliphatic carbocycles. The maximum atomic E-state index is 12.5. The van der Waals surface area contributed by atoms with Crippen LogP contribution in [0, 0.1) is 0 Å². The van der Waals surface area contributed by atoms with Crippen molar-refractivity contribution in [1.29, 1.82) is 0 Å². The number of rotatable bonds is 7. The van der Waals surface area contributed by atoms with E-state index in [1.807, 2.05) is 12.1 Å². The summed E-state index contributed by atoms with van der Waals surface area (Å²) in [5.74, 6) is 1.86. The smallest absolute Gasteiger partial charge is 0.306 e. The molecule has 1 heterocycles. The zero-order valence-electron chi connectivity index (χ0n) is 14.2. The predicted octanol–water partition coefficient (Wildman–Crippen LogP) is 2.62. The van der Waals surface area contributed by atoms with Gasteiger partial charge in [0.15, 0.2) is 0 Å². The molecule has 0 radical (unpaired) electrons. The molecule has 1 aromatic carbocycles. The van der Waals surface area contributed by atoms with E-state index >= 15 is 0 Å². The molecule has 1 aromatic rings. The van der Waals surface area contributed by atoms with Crippen molar-refractivity contribution in [3.8, 4) is 11.5 Å². The highest BCUT2D eigenvalue weighted by Crippen LogP contribution is 2.40. The number of nitrogens with zero attached hydrogens (tertiary/aromatic N) is 1. The summed E-state index contributed by atoms with van der Waals surface area (Å²) < 4.78 is 15.5. The first-order valence-electron chi connectivity index (χ1n) is 7.88. The number of hydrogen-bond acceptors (Lipinski definition) is 6. The summed E-state index contributed by atoms with van der Waals surface area (Å²) in [6.45, 7) is 2.75. The summed E-state index contributed by atoms with van der Waals surface area (Å²) in [6, 6.07) is 5.63. The Balaban J connectivity index is 2.09. The Morgan fingerprint density at radius 3 is 2.42 bits per heavy atom. The first-order chi connectivity index (χ1) is 11.6. The summed E-state index contributed by atoms with van der Waals surface area (Å²) in [6.07, 6.45) is 0.277. The topological polar surface area (TPSA) is 65.1 Å². The minimum absolute atomic E-state index is 0.0418. The van der Waals surface area contributed by atoms with E-state index in [4.69, 9.17) is 14.2 Å². The number of carbonyl (C=O) groups excluding carboxylic acids is 2. The highest BCUT2D eigenvalue weighted by atomic mass is 32.2. The zero-order valence-corrected chi connectivity index (χ0v) is 15.1. The molecule has 132 valence electrons. The van der Waals surface area contributed by atoms with Crippen molar-refractivity contribution >= 4 is 23.6 Å². The third-order valence-electron chi connectivity index (χ3n) is 3.72. The van der Waals surface area contributed by atoms with Crippen LogP contribution in [-0.4, -0.2) is 49.9 Å². The van der Waals surface area contributed by atoms with Crippen LogP contribution < -0.4 is 9.47 Å². The first kappa shape index (κ1) is 18.4. The zero-order chi connectivity index (χ0) is 17.5. The third-order valence-corrected chi connectivity index (χ3v) is 4.98. The molecule has 1 atom stereocenters. The standard InChI is InChI=1S/C17H23NO5S/c1-4-23-16(20)6-5-15(19)18-7-8-24-17(18)12-9-13(21-2)11-14(10-12)22-3/h9-11,17H,4-8H2,1-3H3/t17-/m1/s1. The molecule has 1 amide bonds. The van der Waals surface area contributed by atoms with Gasteiger partial charge in [0.2, 0.25) is 5.91 Å². The summed E-state index contributed by atoms with van der Waals surface area (Å²) in [4.78, 5) is 25.7. The summed E-state index contributed by atoms with van der Waals surface area (Å²) in [5.41, 5.74) is 0.957. The maximum absolute atomic E-state index is 12.5. The van der Waals surface area contributed by atoms with Crippen molar-refractivity contribution < 1.29 is 23.8 Å². The lowest BCUT2D eigenvalue weighted by atomic mass is 10.1. The van der Waals surface area contributed by atoms with E-state index in [1.54, 1.807) is 43.9 Å². The molecule has 0 N–H and O–H groups in total. The molecule has 24 heavy (non-hydrogen) atoms. The van der Waals surface area contributed by atoms with Gasteiger partial charge in [-0.3, -0.25) is 9.59 Å². The van der Waals surface area contributed by atoms with Crippen molar-refractivity contribution in [3.05, 3.63) is 23.8 Å². The number of thioether (sulfide) groups is 1. The predicted molar refractivity (Wildman–Crippen MR) is 92.3 cm³/mol. The molecule has 0 spiro atoms. The van der Waals surface area contributed by atoms with E-state index in [9.17, 15) is 9.59 Å². The Morgan fingerprint density at radius 1 is 1.17 bits per heavy atom. The maximum Gasteiger partial charge on any atom is 0.306 e. The van der Waals surface area contributed by atoms with Gasteiger partial charge < -0.3 is 19.1 Å². The Kier molecular flexibility index (Phi) is 6.78. The van der Waals surface area contributed by atoms with Crippen molar-refractivity contribution in [3.63, 3.8) is 0 Å². The van der Waals surface area contributed by atoms with Crippen LogP contribution >= 0.6 is 11.8 Å². The van der Waals surface area contributed by atoms with Crippen LogP contribution in [0.3, 0.4) is 0 Å². The third kappa shape index (κ3) is 4.56. The van der Waals surface area contributed by atoms with E-state index in [0.29, 0.717) is 24.7 Å². The molecule has 0 aromatic heterocycles. The fourth-order valence-corrected chi connectivity index (χ4v) is 3.82. The lowest BCUT2D eigenvalue weighted by Gasteiger charge is -2.24. The minimum atomic E-state index is -0.336. The number of carbonyl (C=O) groups is 2. The number of amides is 1.